The highest BCUT2D eigenvalue weighted by atomic mass is 16.5. The van der Waals surface area contributed by atoms with Gasteiger partial charge in [0.2, 0.25) is 0 Å². The topological polar surface area (TPSA) is 61.0 Å². The van der Waals surface area contributed by atoms with Gasteiger partial charge in [-0.05, 0) is 18.2 Å². The van der Waals surface area contributed by atoms with Gasteiger partial charge in [0.25, 0.3) is 0 Å². The van der Waals surface area contributed by atoms with Gasteiger partial charge >= 0.3 is 0 Å². The van der Waals surface area contributed by atoms with Gasteiger partial charge < -0.3 is 10.5 Å². The summed E-state index contributed by atoms with van der Waals surface area (Å²) in [6.07, 6.45) is 3.51. The number of nitrogens with two attached hydrogens (primary N) is 1. The maximum absolute atomic E-state index is 5.89. The minimum atomic E-state index is 0.410. The molecule has 3 rings (SSSR count). The molecule has 0 spiro atoms. The summed E-state index contributed by atoms with van der Waals surface area (Å²) >= 11 is 0. The van der Waals surface area contributed by atoms with Gasteiger partial charge in [-0.25, -0.2) is 0 Å². The first-order valence-electron chi connectivity index (χ1n) is 6.48. The van der Waals surface area contributed by atoms with Crippen molar-refractivity contribution in [2.75, 3.05) is 0 Å². The molecule has 0 aliphatic rings. The first-order valence-corrected chi connectivity index (χ1v) is 6.48. The molecule has 0 aliphatic carbocycles. The highest BCUT2D eigenvalue weighted by molar-refractivity contribution is 5.84. The van der Waals surface area contributed by atoms with Gasteiger partial charge in [-0.15, -0.1) is 0 Å². The Morgan fingerprint density at radius 1 is 0.950 bits per heavy atom. The van der Waals surface area contributed by atoms with E-state index in [4.69, 9.17) is 10.5 Å². The van der Waals surface area contributed by atoms with Crippen molar-refractivity contribution in [2.45, 2.75) is 13.2 Å². The smallest absolute Gasteiger partial charge is 0.146 e. The summed E-state index contributed by atoms with van der Waals surface area (Å²) in [5.41, 5.74) is 8.41. The maximum atomic E-state index is 5.89. The highest BCUT2D eigenvalue weighted by Gasteiger charge is 2.05. The number of rotatable bonds is 4. The lowest BCUT2D eigenvalue weighted by molar-refractivity contribution is 0.307. The second-order valence-corrected chi connectivity index (χ2v) is 4.43. The van der Waals surface area contributed by atoms with Crippen LogP contribution >= 0.6 is 0 Å². The molecular weight excluding hydrogens is 250 g/mol. The first-order chi connectivity index (χ1) is 9.88. The van der Waals surface area contributed by atoms with Crippen LogP contribution < -0.4 is 10.5 Å². The minimum absolute atomic E-state index is 0.410. The Morgan fingerprint density at radius 3 is 2.65 bits per heavy atom. The van der Waals surface area contributed by atoms with Gasteiger partial charge in [0.05, 0.1) is 5.69 Å². The molecule has 0 bridgehead atoms. The van der Waals surface area contributed by atoms with E-state index in [2.05, 4.69) is 9.97 Å². The fourth-order valence-electron chi connectivity index (χ4n) is 2.13. The maximum Gasteiger partial charge on any atom is 0.146 e. The standard InChI is InChI=1S/C16H15N3O/c17-10-14-13(6-3-8-18-14)11-20-15-7-1-4-12-5-2-9-19-16(12)15/h1-9H,10-11,17H2. The van der Waals surface area contributed by atoms with E-state index in [1.807, 2.05) is 42.5 Å². The van der Waals surface area contributed by atoms with Gasteiger partial charge in [0.15, 0.2) is 0 Å². The van der Waals surface area contributed by atoms with Crippen molar-refractivity contribution in [3.8, 4) is 5.75 Å². The molecular formula is C16H15N3O. The number of pyridine rings is 2. The minimum Gasteiger partial charge on any atom is -0.487 e. The van der Waals surface area contributed by atoms with Crippen LogP contribution in [-0.2, 0) is 13.2 Å². The van der Waals surface area contributed by atoms with Gasteiger partial charge in [0.1, 0.15) is 17.9 Å². The predicted octanol–water partition coefficient (Wildman–Crippen LogP) is 2.67. The van der Waals surface area contributed by atoms with Crippen LogP contribution in [-0.4, -0.2) is 9.97 Å². The van der Waals surface area contributed by atoms with E-state index >= 15 is 0 Å². The Bertz CT molecular complexity index is 722. The van der Waals surface area contributed by atoms with Crippen LogP contribution in [0.2, 0.25) is 0 Å². The Kier molecular flexibility index (Phi) is 3.56. The zero-order valence-electron chi connectivity index (χ0n) is 11.0. The van der Waals surface area contributed by atoms with Gasteiger partial charge in [-0.2, -0.15) is 0 Å². The molecule has 3 aromatic rings. The van der Waals surface area contributed by atoms with Crippen molar-refractivity contribution in [3.63, 3.8) is 0 Å². The number of fused-ring (bicyclic) bond motifs is 1. The lowest BCUT2D eigenvalue weighted by Crippen LogP contribution is -2.07. The van der Waals surface area contributed by atoms with E-state index in [0.717, 1.165) is 27.9 Å². The van der Waals surface area contributed by atoms with Crippen LogP contribution in [0.15, 0.2) is 54.9 Å². The molecule has 0 fully saturated rings. The van der Waals surface area contributed by atoms with Crippen molar-refractivity contribution in [3.05, 3.63) is 66.1 Å². The van der Waals surface area contributed by atoms with Crippen molar-refractivity contribution in [1.29, 1.82) is 0 Å². The zero-order chi connectivity index (χ0) is 13.8. The molecule has 2 N–H and O–H groups in total. The number of ether oxygens (including phenoxy) is 1. The molecule has 0 aliphatic heterocycles. The number of hydrogen-bond acceptors (Lipinski definition) is 4. The molecule has 20 heavy (non-hydrogen) atoms. The fourth-order valence-corrected chi connectivity index (χ4v) is 2.13. The van der Waals surface area contributed by atoms with Crippen LogP contribution in [0.3, 0.4) is 0 Å². The van der Waals surface area contributed by atoms with E-state index in [1.165, 1.54) is 0 Å². The van der Waals surface area contributed by atoms with Crippen molar-refractivity contribution < 1.29 is 4.74 Å². The Morgan fingerprint density at radius 2 is 1.75 bits per heavy atom. The summed E-state index contributed by atoms with van der Waals surface area (Å²) in [6, 6.07) is 13.7. The Labute approximate surface area is 117 Å². The monoisotopic (exact) mass is 265 g/mol. The third-order valence-corrected chi connectivity index (χ3v) is 3.16. The zero-order valence-corrected chi connectivity index (χ0v) is 11.0. The average molecular weight is 265 g/mol. The number of nitrogens with zero attached hydrogens (tertiary/aromatic N) is 2. The number of benzene rings is 1. The SMILES string of the molecule is NCc1ncccc1COc1cccc2cccnc12. The highest BCUT2D eigenvalue weighted by Crippen LogP contribution is 2.24. The molecule has 0 atom stereocenters. The Hall–Kier alpha value is -2.46. The molecule has 1 aromatic carbocycles. The van der Waals surface area contributed by atoms with Gasteiger partial charge in [-0.3, -0.25) is 9.97 Å². The summed E-state index contributed by atoms with van der Waals surface area (Å²) in [6.45, 7) is 0.851. The number of hydrogen-bond donors (Lipinski definition) is 1. The fraction of sp³-hybridized carbons (Fsp3) is 0.125. The molecule has 0 saturated carbocycles. The second-order valence-electron chi connectivity index (χ2n) is 4.43. The molecule has 0 saturated heterocycles. The molecule has 2 heterocycles. The summed E-state index contributed by atoms with van der Waals surface area (Å²) in [7, 11) is 0. The first kappa shape index (κ1) is 12.6. The summed E-state index contributed by atoms with van der Waals surface area (Å²) < 4.78 is 5.89. The van der Waals surface area contributed by atoms with Crippen LogP contribution in [0.1, 0.15) is 11.3 Å². The van der Waals surface area contributed by atoms with Gasteiger partial charge in [0, 0.05) is 29.9 Å². The van der Waals surface area contributed by atoms with Crippen molar-refractivity contribution in [1.82, 2.24) is 9.97 Å². The van der Waals surface area contributed by atoms with Gasteiger partial charge in [-0.1, -0.05) is 24.3 Å². The van der Waals surface area contributed by atoms with Crippen LogP contribution in [0.5, 0.6) is 5.75 Å². The number of para-hydroxylation sites is 1. The van der Waals surface area contributed by atoms with E-state index in [0.29, 0.717) is 13.2 Å². The summed E-state index contributed by atoms with van der Waals surface area (Å²) in [5, 5.41) is 1.07. The van der Waals surface area contributed by atoms with E-state index in [-0.39, 0.29) is 0 Å². The lowest BCUT2D eigenvalue weighted by Gasteiger charge is -2.10. The normalized spacial score (nSPS) is 10.7. The molecule has 2 aromatic heterocycles. The average Bonchev–Trinajstić information content (AvgIpc) is 2.53. The molecule has 0 unspecified atom stereocenters. The predicted molar refractivity (Wildman–Crippen MR) is 78.2 cm³/mol. The molecule has 4 nitrogen and oxygen atoms in total. The molecule has 0 radical (unpaired) electrons. The molecule has 100 valence electrons. The molecule has 4 heteroatoms. The lowest BCUT2D eigenvalue weighted by atomic mass is 10.2. The number of aromatic nitrogens is 2. The van der Waals surface area contributed by atoms with E-state index in [9.17, 15) is 0 Å². The van der Waals surface area contributed by atoms with Crippen molar-refractivity contribution in [2.24, 2.45) is 5.73 Å². The second kappa shape index (κ2) is 5.67. The van der Waals surface area contributed by atoms with Crippen LogP contribution in [0, 0.1) is 0 Å². The van der Waals surface area contributed by atoms with E-state index in [1.54, 1.807) is 12.4 Å². The quantitative estimate of drug-likeness (QED) is 0.787. The van der Waals surface area contributed by atoms with Crippen LogP contribution in [0.4, 0.5) is 0 Å². The third-order valence-electron chi connectivity index (χ3n) is 3.16. The third kappa shape index (κ3) is 2.46. The van der Waals surface area contributed by atoms with Crippen LogP contribution in [0.25, 0.3) is 10.9 Å². The Balaban J connectivity index is 1.87. The summed E-state index contributed by atoms with van der Waals surface area (Å²) in [5.74, 6) is 0.773. The molecule has 0 amide bonds. The van der Waals surface area contributed by atoms with E-state index < -0.39 is 0 Å². The van der Waals surface area contributed by atoms with Crippen molar-refractivity contribution >= 4 is 10.9 Å². The summed E-state index contributed by atoms with van der Waals surface area (Å²) in [4.78, 5) is 8.62. The largest absolute Gasteiger partial charge is 0.487 e.